The molecule has 1 aromatic carbocycles. The van der Waals surface area contributed by atoms with Crippen LogP contribution in [0.4, 0.5) is 11.5 Å². The number of carbonyl (C=O) groups is 1. The highest BCUT2D eigenvalue weighted by Crippen LogP contribution is 2.13. The average Bonchev–Trinajstić information content (AvgIpc) is 2.53. The van der Waals surface area contributed by atoms with Crippen molar-refractivity contribution in [2.24, 2.45) is 0 Å². The number of amides is 1. The van der Waals surface area contributed by atoms with Crippen LogP contribution in [0.5, 0.6) is 0 Å². The van der Waals surface area contributed by atoms with Crippen molar-refractivity contribution >= 4 is 17.4 Å². The third-order valence-electron chi connectivity index (χ3n) is 2.85. The van der Waals surface area contributed by atoms with Crippen molar-refractivity contribution in [2.75, 3.05) is 12.4 Å². The van der Waals surface area contributed by atoms with Crippen LogP contribution in [0.25, 0.3) is 0 Å². The van der Waals surface area contributed by atoms with E-state index in [1.807, 2.05) is 0 Å². The molecule has 21 heavy (non-hydrogen) atoms. The Kier molecular flexibility index (Phi) is 4.45. The number of pyridine rings is 1. The molecule has 0 aliphatic carbocycles. The summed E-state index contributed by atoms with van der Waals surface area (Å²) in [5.41, 5.74) is 1.14. The molecule has 2 rings (SSSR count). The molecule has 0 unspecified atom stereocenters. The monoisotopic (exact) mass is 286 g/mol. The Morgan fingerprint density at radius 2 is 2.14 bits per heavy atom. The average molecular weight is 286 g/mol. The van der Waals surface area contributed by atoms with E-state index in [-0.39, 0.29) is 18.1 Å². The quantitative estimate of drug-likeness (QED) is 0.647. The maximum absolute atomic E-state index is 12.0. The highest BCUT2D eigenvalue weighted by molar-refractivity contribution is 5.94. The van der Waals surface area contributed by atoms with Crippen molar-refractivity contribution in [3.05, 3.63) is 63.8 Å². The van der Waals surface area contributed by atoms with E-state index in [1.165, 1.54) is 18.3 Å². The van der Waals surface area contributed by atoms with Crippen LogP contribution in [0.2, 0.25) is 0 Å². The van der Waals surface area contributed by atoms with E-state index in [9.17, 15) is 14.9 Å². The fraction of sp³-hybridized carbons (Fsp3) is 0.143. The third kappa shape index (κ3) is 3.75. The zero-order valence-corrected chi connectivity index (χ0v) is 11.4. The van der Waals surface area contributed by atoms with Gasteiger partial charge in [-0.05, 0) is 17.7 Å². The van der Waals surface area contributed by atoms with Crippen LogP contribution in [0.15, 0.2) is 42.6 Å². The third-order valence-corrected chi connectivity index (χ3v) is 2.85. The van der Waals surface area contributed by atoms with Crippen LogP contribution in [-0.4, -0.2) is 22.9 Å². The van der Waals surface area contributed by atoms with Gasteiger partial charge in [0.2, 0.25) is 0 Å². The van der Waals surface area contributed by atoms with E-state index >= 15 is 0 Å². The molecular formula is C14H14N4O3. The van der Waals surface area contributed by atoms with Gasteiger partial charge in [0.05, 0.1) is 4.92 Å². The van der Waals surface area contributed by atoms with E-state index in [4.69, 9.17) is 0 Å². The molecule has 0 aliphatic rings. The molecule has 1 aromatic heterocycles. The maximum atomic E-state index is 12.0. The van der Waals surface area contributed by atoms with Crippen LogP contribution in [0.3, 0.4) is 0 Å². The molecule has 0 spiro atoms. The van der Waals surface area contributed by atoms with E-state index in [1.54, 1.807) is 31.3 Å². The molecule has 7 heteroatoms. The topological polar surface area (TPSA) is 97.2 Å². The molecule has 1 amide bonds. The van der Waals surface area contributed by atoms with Crippen LogP contribution >= 0.6 is 0 Å². The van der Waals surface area contributed by atoms with E-state index < -0.39 is 4.92 Å². The summed E-state index contributed by atoms with van der Waals surface area (Å²) in [7, 11) is 1.72. The van der Waals surface area contributed by atoms with Crippen LogP contribution in [-0.2, 0) is 6.54 Å². The zero-order valence-electron chi connectivity index (χ0n) is 11.4. The number of anilines is 1. The molecule has 0 radical (unpaired) electrons. The lowest BCUT2D eigenvalue weighted by atomic mass is 10.2. The maximum Gasteiger partial charge on any atom is 0.269 e. The molecule has 0 saturated heterocycles. The van der Waals surface area contributed by atoms with Gasteiger partial charge in [0.15, 0.2) is 0 Å². The number of carbonyl (C=O) groups excluding carboxylic acids is 1. The number of aromatic nitrogens is 1. The zero-order chi connectivity index (χ0) is 15.2. The predicted octanol–water partition coefficient (Wildman–Crippen LogP) is 1.96. The van der Waals surface area contributed by atoms with Crippen LogP contribution in [0, 0.1) is 10.1 Å². The fourth-order valence-corrected chi connectivity index (χ4v) is 1.77. The van der Waals surface area contributed by atoms with Crippen LogP contribution in [0.1, 0.15) is 15.9 Å². The van der Waals surface area contributed by atoms with Crippen LogP contribution < -0.4 is 10.6 Å². The second kappa shape index (κ2) is 6.47. The van der Waals surface area contributed by atoms with E-state index in [0.717, 1.165) is 0 Å². The molecule has 0 aliphatic heterocycles. The summed E-state index contributed by atoms with van der Waals surface area (Å²) in [6.45, 7) is 0.220. The minimum atomic E-state index is -0.465. The summed E-state index contributed by atoms with van der Waals surface area (Å²) in [6, 6.07) is 9.38. The molecule has 108 valence electrons. The number of nitro groups is 1. The first-order valence-electron chi connectivity index (χ1n) is 6.25. The lowest BCUT2D eigenvalue weighted by Gasteiger charge is -2.06. The summed E-state index contributed by atoms with van der Waals surface area (Å²) in [6.07, 6.45) is 1.54. The first kappa shape index (κ1) is 14.4. The van der Waals surface area contributed by atoms with E-state index in [0.29, 0.717) is 16.9 Å². The highest BCUT2D eigenvalue weighted by atomic mass is 16.6. The number of nitrogens with zero attached hydrogens (tertiary/aromatic N) is 2. The molecule has 2 N–H and O–H groups in total. The van der Waals surface area contributed by atoms with Gasteiger partial charge in [-0.25, -0.2) is 4.98 Å². The summed E-state index contributed by atoms with van der Waals surface area (Å²) >= 11 is 0. The number of rotatable bonds is 5. The highest BCUT2D eigenvalue weighted by Gasteiger charge is 2.09. The number of hydrogen-bond acceptors (Lipinski definition) is 5. The fourth-order valence-electron chi connectivity index (χ4n) is 1.77. The Bertz CT molecular complexity index is 673. The SMILES string of the molecule is CNc1cc(C(=O)NCc2cccc([N+](=O)[O-])c2)ccn1. The number of non-ortho nitro benzene ring substituents is 1. The van der Waals surface area contributed by atoms with Crippen molar-refractivity contribution in [3.8, 4) is 0 Å². The molecule has 0 atom stereocenters. The Balaban J connectivity index is 2.03. The molecule has 0 saturated carbocycles. The Morgan fingerprint density at radius 1 is 1.33 bits per heavy atom. The lowest BCUT2D eigenvalue weighted by Crippen LogP contribution is -2.23. The van der Waals surface area contributed by atoms with Gasteiger partial charge in [-0.1, -0.05) is 12.1 Å². The van der Waals surface area contributed by atoms with E-state index in [2.05, 4.69) is 15.6 Å². The van der Waals surface area contributed by atoms with Gasteiger partial charge < -0.3 is 10.6 Å². The normalized spacial score (nSPS) is 9.95. The summed E-state index contributed by atoms with van der Waals surface area (Å²) in [5, 5.41) is 16.3. The minimum Gasteiger partial charge on any atom is -0.373 e. The van der Waals surface area contributed by atoms with Crippen molar-refractivity contribution in [1.29, 1.82) is 0 Å². The van der Waals surface area contributed by atoms with Gasteiger partial charge >= 0.3 is 0 Å². The second-order valence-electron chi connectivity index (χ2n) is 4.29. The van der Waals surface area contributed by atoms with Gasteiger partial charge in [0, 0.05) is 37.5 Å². The Labute approximate surface area is 121 Å². The summed E-state index contributed by atoms with van der Waals surface area (Å²) in [4.78, 5) is 26.3. The number of benzene rings is 1. The van der Waals surface area contributed by atoms with Crippen molar-refractivity contribution < 1.29 is 9.72 Å². The number of hydrogen-bond donors (Lipinski definition) is 2. The minimum absolute atomic E-state index is 0.00290. The first-order valence-corrected chi connectivity index (χ1v) is 6.25. The van der Waals surface area contributed by atoms with Crippen molar-refractivity contribution in [2.45, 2.75) is 6.54 Å². The Morgan fingerprint density at radius 3 is 2.86 bits per heavy atom. The Hall–Kier alpha value is -2.96. The molecule has 0 fully saturated rings. The van der Waals surface area contributed by atoms with Gasteiger partial charge in [0.1, 0.15) is 5.82 Å². The van der Waals surface area contributed by atoms with Gasteiger partial charge in [0.25, 0.3) is 11.6 Å². The van der Waals surface area contributed by atoms with Crippen molar-refractivity contribution in [1.82, 2.24) is 10.3 Å². The molecule has 1 heterocycles. The van der Waals surface area contributed by atoms with Gasteiger partial charge in [-0.3, -0.25) is 14.9 Å². The molecular weight excluding hydrogens is 272 g/mol. The standard InChI is InChI=1S/C14H14N4O3/c1-15-13-8-11(5-6-16-13)14(19)17-9-10-3-2-4-12(7-10)18(20)21/h2-8H,9H2,1H3,(H,15,16)(H,17,19). The molecule has 0 bridgehead atoms. The summed E-state index contributed by atoms with van der Waals surface area (Å²) in [5.74, 6) is 0.332. The number of nitrogens with one attached hydrogen (secondary N) is 2. The largest absolute Gasteiger partial charge is 0.373 e. The molecule has 7 nitrogen and oxygen atoms in total. The lowest BCUT2D eigenvalue weighted by molar-refractivity contribution is -0.384. The van der Waals surface area contributed by atoms with Crippen molar-refractivity contribution in [3.63, 3.8) is 0 Å². The van der Waals surface area contributed by atoms with Gasteiger partial charge in [-0.15, -0.1) is 0 Å². The second-order valence-corrected chi connectivity index (χ2v) is 4.29. The summed E-state index contributed by atoms with van der Waals surface area (Å²) < 4.78 is 0. The first-order chi connectivity index (χ1) is 10.1. The molecule has 2 aromatic rings. The predicted molar refractivity (Wildman–Crippen MR) is 78.1 cm³/mol. The number of nitro benzene ring substituents is 1. The smallest absolute Gasteiger partial charge is 0.269 e. The van der Waals surface area contributed by atoms with Gasteiger partial charge in [-0.2, -0.15) is 0 Å².